The number of piperidine rings is 1. The molecule has 1 fully saturated rings. The maximum Gasteiger partial charge on any atom is 0.357 e. The fourth-order valence-corrected chi connectivity index (χ4v) is 5.41. The number of hydrogen-bond donors (Lipinski definition) is 5. The predicted octanol–water partition coefficient (Wildman–Crippen LogP) is 0.547. The molecular formula is C32H37F2N5O12. The number of carbonyl (C=O) groups excluding carboxylic acids is 4. The van der Waals surface area contributed by atoms with Crippen LogP contribution < -0.4 is 5.32 Å². The Labute approximate surface area is 289 Å². The van der Waals surface area contributed by atoms with Gasteiger partial charge in [0.1, 0.15) is 0 Å². The third-order valence-electron chi connectivity index (χ3n) is 8.02. The number of carbonyl (C=O) groups is 6. The quantitative estimate of drug-likeness (QED) is 0.140. The summed E-state index contributed by atoms with van der Waals surface area (Å²) in [7, 11) is 2.10. The first-order chi connectivity index (χ1) is 24.2. The van der Waals surface area contributed by atoms with Crippen LogP contribution in [0.1, 0.15) is 42.5 Å². The van der Waals surface area contributed by atoms with E-state index in [1.807, 2.05) is 18.2 Å². The van der Waals surface area contributed by atoms with Crippen molar-refractivity contribution in [1.29, 1.82) is 0 Å². The Bertz CT molecular complexity index is 1600. The Morgan fingerprint density at radius 2 is 1.63 bits per heavy atom. The van der Waals surface area contributed by atoms with Gasteiger partial charge in [0, 0.05) is 24.4 Å². The summed E-state index contributed by atoms with van der Waals surface area (Å²) in [5, 5.41) is 36.7. The number of aliphatic carboxylic acids is 2. The SMILES string of the molecule is COC(=O)C1=C(C(=O)OC)N(N(C=O)CCCN2CCC(c3ccccn3)CC2)C(=O)NC1c1ccc(F)c(F)c1.O=C(O)C(O)C(O)C(=O)O. The number of hydrogen-bond acceptors (Lipinski definition) is 12. The van der Waals surface area contributed by atoms with Crippen molar-refractivity contribution >= 4 is 36.3 Å². The van der Waals surface area contributed by atoms with Gasteiger partial charge in [-0.25, -0.2) is 37.8 Å². The molecular weight excluding hydrogens is 684 g/mol. The van der Waals surface area contributed by atoms with Gasteiger partial charge in [-0.3, -0.25) is 9.78 Å². The lowest BCUT2D eigenvalue weighted by atomic mass is 9.93. The van der Waals surface area contributed by atoms with E-state index in [1.54, 1.807) is 6.20 Å². The predicted molar refractivity (Wildman–Crippen MR) is 168 cm³/mol. The second-order valence-corrected chi connectivity index (χ2v) is 11.2. The number of hydrazine groups is 1. The molecule has 51 heavy (non-hydrogen) atoms. The van der Waals surface area contributed by atoms with Crippen molar-refractivity contribution in [1.82, 2.24) is 25.2 Å². The van der Waals surface area contributed by atoms with Crippen LogP contribution in [0.15, 0.2) is 53.9 Å². The minimum absolute atomic E-state index is 0.0227. The molecule has 0 bridgehead atoms. The number of urea groups is 1. The van der Waals surface area contributed by atoms with Crippen LogP contribution in [0, 0.1) is 11.6 Å². The number of methoxy groups -OCH3 is 2. The highest BCUT2D eigenvalue weighted by molar-refractivity contribution is 6.05. The van der Waals surface area contributed by atoms with Gasteiger partial charge >= 0.3 is 29.9 Å². The van der Waals surface area contributed by atoms with E-state index in [4.69, 9.17) is 29.9 Å². The average molecular weight is 722 g/mol. The molecule has 0 radical (unpaired) electrons. The topological polar surface area (TPSA) is 236 Å². The van der Waals surface area contributed by atoms with Gasteiger partial charge in [0.2, 0.25) is 6.41 Å². The van der Waals surface area contributed by atoms with Crippen molar-refractivity contribution in [2.75, 3.05) is 40.4 Å². The van der Waals surface area contributed by atoms with Crippen LogP contribution in [0.4, 0.5) is 13.6 Å². The Morgan fingerprint density at radius 3 is 2.14 bits per heavy atom. The largest absolute Gasteiger partial charge is 0.479 e. The van der Waals surface area contributed by atoms with E-state index in [2.05, 4.69) is 15.2 Å². The number of halogens is 2. The van der Waals surface area contributed by atoms with E-state index in [0.717, 1.165) is 74.1 Å². The molecule has 19 heteroatoms. The summed E-state index contributed by atoms with van der Waals surface area (Å²) < 4.78 is 37.3. The van der Waals surface area contributed by atoms with Crippen molar-refractivity contribution in [2.45, 2.75) is 43.4 Å². The van der Waals surface area contributed by atoms with E-state index in [-0.39, 0.29) is 12.1 Å². The summed E-state index contributed by atoms with van der Waals surface area (Å²) in [6.45, 7) is 2.32. The Kier molecular flexibility index (Phi) is 14.4. The Morgan fingerprint density at radius 1 is 1.00 bits per heavy atom. The maximum atomic E-state index is 14.0. The van der Waals surface area contributed by atoms with Crippen molar-refractivity contribution < 1.29 is 67.4 Å². The van der Waals surface area contributed by atoms with Gasteiger partial charge in [0.15, 0.2) is 29.5 Å². The summed E-state index contributed by atoms with van der Waals surface area (Å²) in [4.78, 5) is 77.5. The number of benzene rings is 1. The number of likely N-dealkylation sites (tertiary alicyclic amines) is 1. The second-order valence-electron chi connectivity index (χ2n) is 11.2. The van der Waals surface area contributed by atoms with Crippen LogP contribution in [0.25, 0.3) is 0 Å². The fourth-order valence-electron chi connectivity index (χ4n) is 5.41. The van der Waals surface area contributed by atoms with Crippen LogP contribution in [-0.4, -0.2) is 129 Å². The number of nitrogens with one attached hydrogen (secondary N) is 1. The molecule has 0 spiro atoms. The van der Waals surface area contributed by atoms with Crippen LogP contribution in [-0.2, 0) is 33.4 Å². The number of nitrogens with zero attached hydrogens (tertiary/aromatic N) is 4. The van der Waals surface area contributed by atoms with E-state index >= 15 is 0 Å². The molecule has 5 N–H and O–H groups in total. The molecule has 4 rings (SSSR count). The minimum atomic E-state index is -2.27. The zero-order chi connectivity index (χ0) is 37.8. The van der Waals surface area contributed by atoms with Crippen molar-refractivity contribution in [2.24, 2.45) is 0 Å². The lowest BCUT2D eigenvalue weighted by Gasteiger charge is -2.39. The van der Waals surface area contributed by atoms with Crippen LogP contribution in [0.2, 0.25) is 0 Å². The lowest BCUT2D eigenvalue weighted by Crippen LogP contribution is -2.57. The number of aliphatic hydroxyl groups excluding tert-OH is 2. The minimum Gasteiger partial charge on any atom is -0.479 e. The summed E-state index contributed by atoms with van der Waals surface area (Å²) >= 11 is 0. The maximum absolute atomic E-state index is 14.0. The zero-order valence-electron chi connectivity index (χ0n) is 27.5. The summed E-state index contributed by atoms with van der Waals surface area (Å²) in [6, 6.07) is 6.33. The summed E-state index contributed by atoms with van der Waals surface area (Å²) in [5.74, 6) is -7.65. The number of carboxylic acid groups (broad SMARTS) is 2. The molecule has 2 aromatic rings. The first-order valence-electron chi connectivity index (χ1n) is 15.4. The van der Waals surface area contributed by atoms with Crippen molar-refractivity contribution in [3.8, 4) is 0 Å². The summed E-state index contributed by atoms with van der Waals surface area (Å²) in [6.07, 6.45) is -0.0589. The highest BCUT2D eigenvalue weighted by Crippen LogP contribution is 2.33. The molecule has 0 saturated carbocycles. The molecule has 0 aliphatic carbocycles. The van der Waals surface area contributed by atoms with Crippen molar-refractivity contribution in [3.05, 3.63) is 76.8 Å². The van der Waals surface area contributed by atoms with Gasteiger partial charge in [-0.2, -0.15) is 5.01 Å². The number of ether oxygens (including phenoxy) is 2. The van der Waals surface area contributed by atoms with E-state index in [0.29, 0.717) is 25.3 Å². The van der Waals surface area contributed by atoms with E-state index in [9.17, 15) is 37.5 Å². The molecule has 1 aromatic carbocycles. The lowest BCUT2D eigenvalue weighted by molar-refractivity contribution is -0.165. The van der Waals surface area contributed by atoms with Crippen LogP contribution in [0.3, 0.4) is 0 Å². The highest BCUT2D eigenvalue weighted by Gasteiger charge is 2.44. The molecule has 1 saturated heterocycles. The van der Waals surface area contributed by atoms with Gasteiger partial charge < -0.3 is 40.1 Å². The molecule has 17 nitrogen and oxygen atoms in total. The third kappa shape index (κ3) is 10.0. The number of aromatic nitrogens is 1. The van der Waals surface area contributed by atoms with Crippen LogP contribution in [0.5, 0.6) is 0 Å². The Hall–Kier alpha value is -5.53. The van der Waals surface area contributed by atoms with Gasteiger partial charge in [0.25, 0.3) is 0 Å². The highest BCUT2D eigenvalue weighted by atomic mass is 19.2. The fraction of sp³-hybridized carbons (Fsp3) is 0.406. The number of carboxylic acids is 2. The first-order valence-corrected chi connectivity index (χ1v) is 15.4. The number of pyridine rings is 1. The Balaban J connectivity index is 0.000000612. The van der Waals surface area contributed by atoms with Gasteiger partial charge in [0.05, 0.1) is 25.8 Å². The molecule has 3 amide bonds. The molecule has 1 aromatic heterocycles. The number of esters is 2. The smallest absolute Gasteiger partial charge is 0.357 e. The third-order valence-corrected chi connectivity index (χ3v) is 8.02. The summed E-state index contributed by atoms with van der Waals surface area (Å²) in [5.41, 5.74) is 0.0700. The number of amides is 3. The molecule has 2 aliphatic rings. The first kappa shape index (κ1) is 39.9. The molecule has 3 heterocycles. The van der Waals surface area contributed by atoms with Crippen LogP contribution >= 0.6 is 0 Å². The van der Waals surface area contributed by atoms with E-state index in [1.165, 1.54) is 0 Å². The normalized spacial score (nSPS) is 17.6. The van der Waals surface area contributed by atoms with Crippen molar-refractivity contribution in [3.63, 3.8) is 0 Å². The van der Waals surface area contributed by atoms with Gasteiger partial charge in [-0.05, 0) is 68.7 Å². The zero-order valence-corrected chi connectivity index (χ0v) is 27.5. The standard InChI is InChI=1S/C28H31F2N5O6.C4H6O6/c1-40-26(37)23-24(19-7-8-20(29)21(30)16-19)32-28(39)35(25(23)27(38)41-2)34(17-36)13-5-12-33-14-9-18(10-15-33)22-6-3-4-11-31-22;5-1(3(7)8)2(6)4(9)10/h3-4,6-8,11,16-18,24H,5,9-10,12-15H2,1-2H3,(H,32,39);1-2,5-6H,(H,7,8)(H,9,10). The molecule has 276 valence electrons. The number of rotatable bonds is 13. The monoisotopic (exact) mass is 721 g/mol. The average Bonchev–Trinajstić information content (AvgIpc) is 3.13. The molecule has 2 aliphatic heterocycles. The number of aliphatic hydroxyl groups is 2. The molecule has 3 atom stereocenters. The van der Waals surface area contributed by atoms with Gasteiger partial charge in [-0.1, -0.05) is 12.1 Å². The van der Waals surface area contributed by atoms with E-state index < -0.39 is 71.1 Å². The second kappa shape index (κ2) is 18.5. The molecule has 3 unspecified atom stereocenters. The van der Waals surface area contributed by atoms with Gasteiger partial charge in [-0.15, -0.1) is 0 Å².